The predicted octanol–water partition coefficient (Wildman–Crippen LogP) is 1.36. The van der Waals surface area contributed by atoms with E-state index in [0.717, 1.165) is 11.3 Å². The number of carbonyl (C=O) groups is 1. The predicted molar refractivity (Wildman–Crippen MR) is 67.9 cm³/mol. The smallest absolute Gasteiger partial charge is 0.246 e. The van der Waals surface area contributed by atoms with Crippen molar-refractivity contribution in [1.82, 2.24) is 5.32 Å². The number of methoxy groups -OCH3 is 2. The molecule has 1 amide bonds. The fourth-order valence-electron chi connectivity index (χ4n) is 1.44. The molecule has 0 saturated carbocycles. The third-order valence-electron chi connectivity index (χ3n) is 2.41. The summed E-state index contributed by atoms with van der Waals surface area (Å²) >= 11 is 0. The lowest BCUT2D eigenvalue weighted by molar-refractivity contribution is -0.125. The second kappa shape index (κ2) is 7.55. The topological polar surface area (TPSA) is 56.8 Å². The molecule has 18 heavy (non-hydrogen) atoms. The Bertz CT molecular complexity index is 393. The highest BCUT2D eigenvalue weighted by atomic mass is 16.5. The van der Waals surface area contributed by atoms with Crippen molar-refractivity contribution >= 4 is 5.91 Å². The van der Waals surface area contributed by atoms with Crippen LogP contribution in [0.25, 0.3) is 0 Å². The molecule has 0 bridgehead atoms. The SMILES string of the molecule is CCOCC(=O)NCc1ccc(OC)cc1OC. The van der Waals surface area contributed by atoms with E-state index >= 15 is 0 Å². The summed E-state index contributed by atoms with van der Waals surface area (Å²) in [5, 5.41) is 2.76. The van der Waals surface area contributed by atoms with Crippen molar-refractivity contribution in [3.63, 3.8) is 0 Å². The van der Waals surface area contributed by atoms with Crippen LogP contribution in [0.5, 0.6) is 11.5 Å². The Morgan fingerprint density at radius 1 is 1.28 bits per heavy atom. The highest BCUT2D eigenvalue weighted by molar-refractivity contribution is 5.77. The first kappa shape index (κ1) is 14.3. The molecule has 5 nitrogen and oxygen atoms in total. The standard InChI is InChI=1S/C13H19NO4/c1-4-18-9-13(15)14-8-10-5-6-11(16-2)7-12(10)17-3/h5-7H,4,8-9H2,1-3H3,(H,14,15). The third kappa shape index (κ3) is 4.25. The van der Waals surface area contributed by atoms with E-state index in [1.807, 2.05) is 19.1 Å². The number of nitrogens with one attached hydrogen (secondary N) is 1. The van der Waals surface area contributed by atoms with Crippen LogP contribution < -0.4 is 14.8 Å². The Labute approximate surface area is 107 Å². The van der Waals surface area contributed by atoms with Crippen molar-refractivity contribution in [2.75, 3.05) is 27.4 Å². The van der Waals surface area contributed by atoms with Gasteiger partial charge >= 0.3 is 0 Å². The Kier molecular flexibility index (Phi) is 6.00. The minimum absolute atomic E-state index is 0.0783. The van der Waals surface area contributed by atoms with Gasteiger partial charge in [0.2, 0.25) is 5.91 Å². The molecule has 1 aromatic rings. The number of benzene rings is 1. The lowest BCUT2D eigenvalue weighted by Gasteiger charge is -2.11. The summed E-state index contributed by atoms with van der Waals surface area (Å²) in [5.41, 5.74) is 0.892. The van der Waals surface area contributed by atoms with Crippen LogP contribution in [0.3, 0.4) is 0 Å². The Morgan fingerprint density at radius 3 is 2.67 bits per heavy atom. The van der Waals surface area contributed by atoms with Gasteiger partial charge in [0, 0.05) is 24.8 Å². The molecule has 0 aliphatic rings. The summed E-state index contributed by atoms with van der Waals surface area (Å²) in [5.74, 6) is 1.26. The Balaban J connectivity index is 2.58. The molecule has 0 saturated heterocycles. The monoisotopic (exact) mass is 253 g/mol. The molecular weight excluding hydrogens is 234 g/mol. The van der Waals surface area contributed by atoms with Crippen molar-refractivity contribution in [3.05, 3.63) is 23.8 Å². The van der Waals surface area contributed by atoms with E-state index in [-0.39, 0.29) is 12.5 Å². The number of amides is 1. The van der Waals surface area contributed by atoms with E-state index in [9.17, 15) is 4.79 Å². The number of hydrogen-bond acceptors (Lipinski definition) is 4. The van der Waals surface area contributed by atoms with E-state index < -0.39 is 0 Å². The van der Waals surface area contributed by atoms with E-state index in [0.29, 0.717) is 18.9 Å². The first-order chi connectivity index (χ1) is 8.71. The molecule has 0 aliphatic heterocycles. The maximum absolute atomic E-state index is 11.4. The number of ether oxygens (including phenoxy) is 3. The number of carbonyl (C=O) groups excluding carboxylic acids is 1. The van der Waals surface area contributed by atoms with Gasteiger partial charge in [-0.3, -0.25) is 4.79 Å². The minimum Gasteiger partial charge on any atom is -0.497 e. The Hall–Kier alpha value is -1.75. The molecule has 0 aliphatic carbocycles. The number of hydrogen-bond donors (Lipinski definition) is 1. The molecule has 0 spiro atoms. The molecule has 0 atom stereocenters. The van der Waals surface area contributed by atoms with Gasteiger partial charge in [-0.1, -0.05) is 0 Å². The van der Waals surface area contributed by atoms with Gasteiger partial charge in [0.1, 0.15) is 18.1 Å². The third-order valence-corrected chi connectivity index (χ3v) is 2.41. The summed E-state index contributed by atoms with van der Waals surface area (Å²) in [6, 6.07) is 5.47. The molecular formula is C13H19NO4. The van der Waals surface area contributed by atoms with Gasteiger partial charge in [-0.05, 0) is 19.1 Å². The van der Waals surface area contributed by atoms with Crippen LogP contribution in [-0.4, -0.2) is 33.3 Å². The Morgan fingerprint density at radius 2 is 2.06 bits per heavy atom. The summed E-state index contributed by atoms with van der Waals surface area (Å²) in [6.45, 7) is 2.85. The van der Waals surface area contributed by atoms with Crippen molar-refractivity contribution in [3.8, 4) is 11.5 Å². The van der Waals surface area contributed by atoms with Gasteiger partial charge in [-0.25, -0.2) is 0 Å². The van der Waals surface area contributed by atoms with Crippen LogP contribution >= 0.6 is 0 Å². The van der Waals surface area contributed by atoms with Gasteiger partial charge in [0.25, 0.3) is 0 Å². The van der Waals surface area contributed by atoms with Gasteiger partial charge in [-0.15, -0.1) is 0 Å². The van der Waals surface area contributed by atoms with E-state index in [2.05, 4.69) is 5.32 Å². The van der Waals surface area contributed by atoms with Crippen LogP contribution in [0.1, 0.15) is 12.5 Å². The van der Waals surface area contributed by atoms with Crippen LogP contribution in [0.15, 0.2) is 18.2 Å². The molecule has 0 unspecified atom stereocenters. The molecule has 1 aromatic carbocycles. The van der Waals surface area contributed by atoms with Crippen molar-refractivity contribution in [2.24, 2.45) is 0 Å². The van der Waals surface area contributed by atoms with Crippen molar-refractivity contribution in [2.45, 2.75) is 13.5 Å². The molecule has 1 N–H and O–H groups in total. The molecule has 5 heteroatoms. The highest BCUT2D eigenvalue weighted by Gasteiger charge is 2.07. The van der Waals surface area contributed by atoms with Gasteiger partial charge < -0.3 is 19.5 Å². The van der Waals surface area contributed by atoms with Crippen molar-refractivity contribution in [1.29, 1.82) is 0 Å². The summed E-state index contributed by atoms with van der Waals surface area (Å²) in [4.78, 5) is 11.4. The second-order valence-electron chi connectivity index (χ2n) is 3.59. The minimum atomic E-state index is -0.144. The van der Waals surface area contributed by atoms with E-state index in [1.54, 1.807) is 20.3 Å². The molecule has 100 valence electrons. The zero-order valence-corrected chi connectivity index (χ0v) is 11.0. The van der Waals surface area contributed by atoms with Gasteiger partial charge in [0.05, 0.1) is 14.2 Å². The molecule has 0 heterocycles. The van der Waals surface area contributed by atoms with Crippen LogP contribution in [0.4, 0.5) is 0 Å². The maximum atomic E-state index is 11.4. The molecule has 0 radical (unpaired) electrons. The maximum Gasteiger partial charge on any atom is 0.246 e. The van der Waals surface area contributed by atoms with Crippen molar-refractivity contribution < 1.29 is 19.0 Å². The lowest BCUT2D eigenvalue weighted by Crippen LogP contribution is -2.27. The van der Waals surface area contributed by atoms with Crippen LogP contribution in [-0.2, 0) is 16.1 Å². The largest absolute Gasteiger partial charge is 0.497 e. The second-order valence-corrected chi connectivity index (χ2v) is 3.59. The normalized spacial score (nSPS) is 9.94. The summed E-state index contributed by atoms with van der Waals surface area (Å²) < 4.78 is 15.4. The number of rotatable bonds is 7. The van der Waals surface area contributed by atoms with E-state index in [1.165, 1.54) is 0 Å². The lowest BCUT2D eigenvalue weighted by atomic mass is 10.2. The van der Waals surface area contributed by atoms with Gasteiger partial charge in [-0.2, -0.15) is 0 Å². The van der Waals surface area contributed by atoms with Crippen LogP contribution in [0, 0.1) is 0 Å². The fourth-order valence-corrected chi connectivity index (χ4v) is 1.44. The zero-order chi connectivity index (χ0) is 13.4. The first-order valence-corrected chi connectivity index (χ1v) is 5.76. The average molecular weight is 253 g/mol. The fraction of sp³-hybridized carbons (Fsp3) is 0.462. The molecule has 1 rings (SSSR count). The summed E-state index contributed by atoms with van der Waals surface area (Å²) in [7, 11) is 3.18. The molecule has 0 fully saturated rings. The molecule has 0 aromatic heterocycles. The van der Waals surface area contributed by atoms with Crippen LogP contribution in [0.2, 0.25) is 0 Å². The van der Waals surface area contributed by atoms with E-state index in [4.69, 9.17) is 14.2 Å². The quantitative estimate of drug-likeness (QED) is 0.797. The summed E-state index contributed by atoms with van der Waals surface area (Å²) in [6.07, 6.45) is 0. The first-order valence-electron chi connectivity index (χ1n) is 5.76. The van der Waals surface area contributed by atoms with Gasteiger partial charge in [0.15, 0.2) is 0 Å². The zero-order valence-electron chi connectivity index (χ0n) is 11.0. The highest BCUT2D eigenvalue weighted by Crippen LogP contribution is 2.24. The average Bonchev–Trinajstić information content (AvgIpc) is 2.42.